The molecule has 5 nitrogen and oxygen atoms in total. The Hall–Kier alpha value is -2.66. The molecule has 29 heavy (non-hydrogen) atoms. The number of amides is 1. The topological polar surface area (TPSA) is 50.2 Å². The van der Waals surface area contributed by atoms with E-state index in [1.165, 1.54) is 31.1 Å². The van der Waals surface area contributed by atoms with Gasteiger partial charge in [-0.2, -0.15) is 0 Å². The van der Waals surface area contributed by atoms with Crippen LogP contribution in [0.4, 0.5) is 5.69 Å². The number of carbonyl (C=O) groups is 1. The second kappa shape index (κ2) is 7.30. The van der Waals surface area contributed by atoms with Crippen LogP contribution in [0, 0.1) is 5.92 Å². The summed E-state index contributed by atoms with van der Waals surface area (Å²) >= 11 is 0. The Morgan fingerprint density at radius 1 is 1.07 bits per heavy atom. The van der Waals surface area contributed by atoms with E-state index in [0.29, 0.717) is 6.04 Å². The van der Waals surface area contributed by atoms with Crippen molar-refractivity contribution < 1.29 is 4.79 Å². The third-order valence-electron chi connectivity index (χ3n) is 6.48. The lowest BCUT2D eigenvalue weighted by molar-refractivity contribution is -0.114. The molecule has 1 N–H and O–H groups in total. The zero-order valence-electron chi connectivity index (χ0n) is 17.2. The maximum Gasteiger partial charge on any atom is 0.221 e. The van der Waals surface area contributed by atoms with E-state index >= 15 is 0 Å². The van der Waals surface area contributed by atoms with Crippen molar-refractivity contribution in [2.45, 2.75) is 45.7 Å². The van der Waals surface area contributed by atoms with Crippen molar-refractivity contribution in [2.24, 2.45) is 5.92 Å². The Kier molecular flexibility index (Phi) is 4.63. The number of nitrogens with one attached hydrogen (secondary N) is 1. The summed E-state index contributed by atoms with van der Waals surface area (Å²) in [7, 11) is 0. The van der Waals surface area contributed by atoms with Crippen LogP contribution in [0.1, 0.15) is 32.5 Å². The summed E-state index contributed by atoms with van der Waals surface area (Å²) in [6, 6.07) is 15.3. The van der Waals surface area contributed by atoms with E-state index in [9.17, 15) is 4.79 Å². The predicted octanol–water partition coefficient (Wildman–Crippen LogP) is 4.32. The fraction of sp³-hybridized carbons (Fsp3) is 0.417. The molecule has 0 bridgehead atoms. The van der Waals surface area contributed by atoms with Gasteiger partial charge in [0.05, 0.1) is 11.0 Å². The van der Waals surface area contributed by atoms with Crippen LogP contribution in [0.15, 0.2) is 42.5 Å². The highest BCUT2D eigenvalue weighted by atomic mass is 16.1. The first kappa shape index (κ1) is 18.4. The Balaban J connectivity index is 1.38. The number of aromatic nitrogens is 2. The number of imidazole rings is 1. The first-order valence-electron chi connectivity index (χ1n) is 10.7. The Morgan fingerprint density at radius 2 is 1.83 bits per heavy atom. The first-order valence-corrected chi connectivity index (χ1v) is 10.7. The standard InChI is InChI=1S/C24H28N4O/c1-16(18-3-4-18)27-12-11-24-26-22-15-20(7-10-23(22)28(24)14-13-27)19-5-8-21(9-6-19)25-17(2)29/h5-10,15-16,18H,3-4,11-14H2,1-2H3,(H,25,29). The molecular weight excluding hydrogens is 360 g/mol. The molecule has 1 amide bonds. The molecule has 2 aliphatic rings. The molecule has 0 radical (unpaired) electrons. The van der Waals surface area contributed by atoms with Crippen LogP contribution in [0.3, 0.4) is 0 Å². The Morgan fingerprint density at radius 3 is 2.55 bits per heavy atom. The van der Waals surface area contributed by atoms with Crippen molar-refractivity contribution in [3.63, 3.8) is 0 Å². The number of benzene rings is 2. The van der Waals surface area contributed by atoms with Crippen LogP contribution in [-0.4, -0.2) is 39.5 Å². The fourth-order valence-electron chi connectivity index (χ4n) is 4.62. The highest BCUT2D eigenvalue weighted by molar-refractivity contribution is 5.89. The monoisotopic (exact) mass is 388 g/mol. The molecule has 1 aromatic heterocycles. The first-order chi connectivity index (χ1) is 14.1. The second-order valence-corrected chi connectivity index (χ2v) is 8.51. The van der Waals surface area contributed by atoms with Crippen LogP contribution in [-0.2, 0) is 17.8 Å². The van der Waals surface area contributed by atoms with Crippen LogP contribution in [0.2, 0.25) is 0 Å². The van der Waals surface area contributed by atoms with E-state index in [4.69, 9.17) is 4.98 Å². The molecule has 1 fully saturated rings. The molecule has 3 aromatic rings. The van der Waals surface area contributed by atoms with Gasteiger partial charge in [-0.1, -0.05) is 18.2 Å². The number of carbonyl (C=O) groups excluding carboxylic acids is 1. The molecule has 150 valence electrons. The van der Waals surface area contributed by atoms with Gasteiger partial charge in [-0.25, -0.2) is 4.98 Å². The molecule has 0 spiro atoms. The maximum atomic E-state index is 11.2. The van der Waals surface area contributed by atoms with Crippen molar-refractivity contribution in [1.82, 2.24) is 14.5 Å². The summed E-state index contributed by atoms with van der Waals surface area (Å²) < 4.78 is 2.42. The molecule has 1 atom stereocenters. The summed E-state index contributed by atoms with van der Waals surface area (Å²) in [4.78, 5) is 18.9. The summed E-state index contributed by atoms with van der Waals surface area (Å²) in [5.41, 5.74) is 5.42. The molecular formula is C24H28N4O. The van der Waals surface area contributed by atoms with Gasteiger partial charge in [0, 0.05) is 44.7 Å². The lowest BCUT2D eigenvalue weighted by Gasteiger charge is -2.27. The molecule has 1 saturated carbocycles. The number of anilines is 1. The van der Waals surface area contributed by atoms with E-state index < -0.39 is 0 Å². The Bertz CT molecular complexity index is 1050. The van der Waals surface area contributed by atoms with Crippen molar-refractivity contribution in [2.75, 3.05) is 18.4 Å². The van der Waals surface area contributed by atoms with Gasteiger partial charge >= 0.3 is 0 Å². The minimum absolute atomic E-state index is 0.0521. The van der Waals surface area contributed by atoms with E-state index in [1.54, 1.807) is 0 Å². The summed E-state index contributed by atoms with van der Waals surface area (Å²) in [5.74, 6) is 2.07. The molecule has 5 heteroatoms. The molecule has 1 aliphatic carbocycles. The lowest BCUT2D eigenvalue weighted by atomic mass is 10.0. The van der Waals surface area contributed by atoms with Gasteiger partial charge in [-0.15, -0.1) is 0 Å². The zero-order valence-corrected chi connectivity index (χ0v) is 17.2. The van der Waals surface area contributed by atoms with Gasteiger partial charge in [0.1, 0.15) is 5.82 Å². The van der Waals surface area contributed by atoms with E-state index in [1.807, 2.05) is 24.3 Å². The van der Waals surface area contributed by atoms with Gasteiger partial charge in [0.15, 0.2) is 0 Å². The largest absolute Gasteiger partial charge is 0.327 e. The number of nitrogens with zero attached hydrogens (tertiary/aromatic N) is 3. The van der Waals surface area contributed by atoms with Crippen molar-refractivity contribution >= 4 is 22.6 Å². The summed E-state index contributed by atoms with van der Waals surface area (Å²) in [6.07, 6.45) is 3.83. The van der Waals surface area contributed by atoms with Crippen molar-refractivity contribution in [3.05, 3.63) is 48.3 Å². The molecule has 0 saturated heterocycles. The quantitative estimate of drug-likeness (QED) is 0.724. The van der Waals surface area contributed by atoms with Gasteiger partial charge in [-0.3, -0.25) is 9.69 Å². The van der Waals surface area contributed by atoms with Crippen LogP contribution in [0.5, 0.6) is 0 Å². The minimum atomic E-state index is -0.0521. The van der Waals surface area contributed by atoms with Crippen LogP contribution < -0.4 is 5.32 Å². The van der Waals surface area contributed by atoms with Gasteiger partial charge in [0.25, 0.3) is 0 Å². The highest BCUT2D eigenvalue weighted by Crippen LogP contribution is 2.35. The predicted molar refractivity (Wildman–Crippen MR) is 117 cm³/mol. The van der Waals surface area contributed by atoms with Crippen LogP contribution >= 0.6 is 0 Å². The molecule has 5 rings (SSSR count). The lowest BCUT2D eigenvalue weighted by Crippen LogP contribution is -2.36. The van der Waals surface area contributed by atoms with Crippen LogP contribution in [0.25, 0.3) is 22.2 Å². The molecule has 2 heterocycles. The number of hydrogen-bond donors (Lipinski definition) is 1. The average molecular weight is 389 g/mol. The second-order valence-electron chi connectivity index (χ2n) is 8.51. The van der Waals surface area contributed by atoms with Gasteiger partial charge < -0.3 is 9.88 Å². The van der Waals surface area contributed by atoms with Crippen molar-refractivity contribution in [1.29, 1.82) is 0 Å². The third kappa shape index (κ3) is 3.67. The zero-order chi connectivity index (χ0) is 20.0. The minimum Gasteiger partial charge on any atom is -0.327 e. The number of rotatable bonds is 4. The molecule has 2 aromatic carbocycles. The summed E-state index contributed by atoms with van der Waals surface area (Å²) in [5, 5.41) is 2.82. The smallest absolute Gasteiger partial charge is 0.221 e. The normalized spacial score (nSPS) is 18.3. The van der Waals surface area contributed by atoms with E-state index in [0.717, 1.165) is 54.3 Å². The van der Waals surface area contributed by atoms with Crippen molar-refractivity contribution in [3.8, 4) is 11.1 Å². The number of fused-ring (bicyclic) bond motifs is 3. The van der Waals surface area contributed by atoms with E-state index in [-0.39, 0.29) is 5.91 Å². The molecule has 1 unspecified atom stereocenters. The average Bonchev–Trinajstić information content (AvgIpc) is 3.52. The van der Waals surface area contributed by atoms with E-state index in [2.05, 4.69) is 39.9 Å². The SMILES string of the molecule is CC(=O)Nc1ccc(-c2ccc3c(c2)nc2n3CCN(C(C)C3CC3)CC2)cc1. The summed E-state index contributed by atoms with van der Waals surface area (Å²) in [6.45, 7) is 7.17. The third-order valence-corrected chi connectivity index (χ3v) is 6.48. The molecule has 1 aliphatic heterocycles. The Labute approximate surface area is 171 Å². The van der Waals surface area contributed by atoms with Gasteiger partial charge in [0.2, 0.25) is 5.91 Å². The fourth-order valence-corrected chi connectivity index (χ4v) is 4.62. The number of hydrogen-bond acceptors (Lipinski definition) is 3. The highest BCUT2D eigenvalue weighted by Gasteiger charge is 2.32. The van der Waals surface area contributed by atoms with Gasteiger partial charge in [-0.05, 0) is 61.1 Å². The maximum absolute atomic E-state index is 11.2.